The molecule has 0 saturated heterocycles. The van der Waals surface area contributed by atoms with Crippen molar-refractivity contribution in [1.82, 2.24) is 0 Å². The molecule has 4 nitrogen and oxygen atoms in total. The summed E-state index contributed by atoms with van der Waals surface area (Å²) in [5.41, 5.74) is 0. The second-order valence-corrected chi connectivity index (χ2v) is 3.18. The van der Waals surface area contributed by atoms with Crippen LogP contribution in [0.5, 0.6) is 0 Å². The summed E-state index contributed by atoms with van der Waals surface area (Å²) in [7, 11) is -5.78. The van der Waals surface area contributed by atoms with E-state index in [-0.39, 0.29) is 59.1 Å². The molecule has 0 aromatic carbocycles. The van der Waals surface area contributed by atoms with E-state index in [0.717, 1.165) is 0 Å². The number of rotatable bonds is 3. The van der Waals surface area contributed by atoms with Gasteiger partial charge in [0.25, 0.3) is 0 Å². The summed E-state index contributed by atoms with van der Waals surface area (Å²) < 4.78 is 62.9. The minimum atomic E-state index is -5.78. The Labute approximate surface area is 117 Å². The van der Waals surface area contributed by atoms with Gasteiger partial charge in [0.05, 0.1) is 6.61 Å². The van der Waals surface area contributed by atoms with E-state index in [0.29, 0.717) is 0 Å². The molecule has 1 atom stereocenters. The molecule has 10 heteroatoms. The standard InChI is InChI=1S/C3H5F3O4S.2Na.2H/c4-2(1-7)3(5,6)11(8,9)10;;;;/h2,7H,1H2,(H,8,9,10);;;;. The molecule has 72 valence electrons. The van der Waals surface area contributed by atoms with Gasteiger partial charge in [0.1, 0.15) is 0 Å². The van der Waals surface area contributed by atoms with Crippen LogP contribution >= 0.6 is 0 Å². The van der Waals surface area contributed by atoms with Crippen molar-refractivity contribution in [2.24, 2.45) is 0 Å². The third-order valence-corrected chi connectivity index (χ3v) is 1.81. The van der Waals surface area contributed by atoms with Gasteiger partial charge in [-0.2, -0.15) is 17.2 Å². The van der Waals surface area contributed by atoms with Gasteiger partial charge in [-0.3, -0.25) is 4.55 Å². The zero-order chi connectivity index (χ0) is 9.28. The first-order valence-electron chi connectivity index (χ1n) is 2.33. The summed E-state index contributed by atoms with van der Waals surface area (Å²) in [6.07, 6.45) is -3.31. The fourth-order valence-electron chi connectivity index (χ4n) is 0.268. The summed E-state index contributed by atoms with van der Waals surface area (Å²) in [4.78, 5) is 0. The molecular weight excluding hydrogens is 235 g/mol. The van der Waals surface area contributed by atoms with Crippen LogP contribution in [0.2, 0.25) is 0 Å². The Morgan fingerprint density at radius 3 is 1.69 bits per heavy atom. The summed E-state index contributed by atoms with van der Waals surface area (Å²) in [6.45, 7) is -1.67. The zero-order valence-electron chi connectivity index (χ0n) is 5.04. The van der Waals surface area contributed by atoms with Crippen molar-refractivity contribution in [3.63, 3.8) is 0 Å². The zero-order valence-corrected chi connectivity index (χ0v) is 5.85. The summed E-state index contributed by atoms with van der Waals surface area (Å²) in [5, 5.41) is 2.86. The Kier molecular flexibility index (Phi) is 10.9. The van der Waals surface area contributed by atoms with E-state index >= 15 is 0 Å². The van der Waals surface area contributed by atoms with E-state index in [2.05, 4.69) is 0 Å². The van der Waals surface area contributed by atoms with Gasteiger partial charge in [0.15, 0.2) is 0 Å². The molecule has 0 bridgehead atoms. The molecule has 13 heavy (non-hydrogen) atoms. The fraction of sp³-hybridized carbons (Fsp3) is 1.00. The van der Waals surface area contributed by atoms with Crippen molar-refractivity contribution in [3.8, 4) is 0 Å². The number of aliphatic hydroxyl groups excluding tert-OH is 1. The van der Waals surface area contributed by atoms with Crippen LogP contribution in [-0.2, 0) is 10.1 Å². The van der Waals surface area contributed by atoms with Crippen LogP contribution in [0, 0.1) is 0 Å². The third kappa shape index (κ3) is 5.33. The monoisotopic (exact) mass is 242 g/mol. The van der Waals surface area contributed by atoms with Crippen molar-refractivity contribution in [1.29, 1.82) is 0 Å². The van der Waals surface area contributed by atoms with Crippen molar-refractivity contribution < 1.29 is 31.2 Å². The molecular formula is C3H7F3Na2O4S. The van der Waals surface area contributed by atoms with Gasteiger partial charge in [-0.25, -0.2) is 4.39 Å². The molecule has 0 aliphatic heterocycles. The number of aliphatic hydroxyl groups is 1. The van der Waals surface area contributed by atoms with Crippen molar-refractivity contribution in [3.05, 3.63) is 0 Å². The van der Waals surface area contributed by atoms with E-state index in [4.69, 9.17) is 9.66 Å². The Hall–Kier alpha value is 1.66. The van der Waals surface area contributed by atoms with E-state index in [9.17, 15) is 21.6 Å². The normalized spacial score (nSPS) is 13.9. The first-order chi connectivity index (χ1) is 4.73. The second-order valence-electron chi connectivity index (χ2n) is 1.69. The molecule has 0 fully saturated rings. The van der Waals surface area contributed by atoms with Gasteiger partial charge in [-0.15, -0.1) is 0 Å². The van der Waals surface area contributed by atoms with Gasteiger partial charge in [-0.1, -0.05) is 0 Å². The SMILES string of the molecule is O=S(=O)(O)C(F)(F)C(F)CO.[NaH].[NaH]. The predicted molar refractivity (Wildman–Crippen MR) is 42.8 cm³/mol. The van der Waals surface area contributed by atoms with Crippen LogP contribution in [0.3, 0.4) is 0 Å². The van der Waals surface area contributed by atoms with Crippen LogP contribution in [0.25, 0.3) is 0 Å². The Morgan fingerprint density at radius 2 is 1.62 bits per heavy atom. The molecule has 0 heterocycles. The van der Waals surface area contributed by atoms with Gasteiger partial charge >= 0.3 is 74.5 Å². The van der Waals surface area contributed by atoms with Gasteiger partial charge in [-0.05, 0) is 0 Å². The molecule has 0 rings (SSSR count). The first kappa shape index (κ1) is 20.1. The summed E-state index contributed by atoms with van der Waals surface area (Å²) in [6, 6.07) is 0. The average molecular weight is 242 g/mol. The van der Waals surface area contributed by atoms with E-state index in [1.807, 2.05) is 0 Å². The Bertz CT molecular complexity index is 231. The van der Waals surface area contributed by atoms with Gasteiger partial charge in [0, 0.05) is 0 Å². The summed E-state index contributed by atoms with van der Waals surface area (Å²) in [5.74, 6) is 0. The molecule has 2 N–H and O–H groups in total. The molecule has 0 spiro atoms. The topological polar surface area (TPSA) is 74.6 Å². The molecule has 0 aromatic heterocycles. The molecule has 0 saturated carbocycles. The Balaban J connectivity index is -0.000000500. The number of hydrogen-bond acceptors (Lipinski definition) is 3. The molecule has 0 aliphatic carbocycles. The van der Waals surface area contributed by atoms with Crippen LogP contribution in [0.4, 0.5) is 13.2 Å². The summed E-state index contributed by atoms with van der Waals surface area (Å²) >= 11 is 0. The quantitative estimate of drug-likeness (QED) is 0.466. The van der Waals surface area contributed by atoms with Crippen LogP contribution in [0.1, 0.15) is 0 Å². The Morgan fingerprint density at radius 1 is 1.31 bits per heavy atom. The minimum absolute atomic E-state index is 0. The second kappa shape index (κ2) is 7.02. The van der Waals surface area contributed by atoms with Crippen LogP contribution < -0.4 is 0 Å². The van der Waals surface area contributed by atoms with E-state index in [1.54, 1.807) is 0 Å². The maximum absolute atomic E-state index is 12.0. The average Bonchev–Trinajstić information content (AvgIpc) is 1.83. The van der Waals surface area contributed by atoms with Gasteiger partial charge < -0.3 is 5.11 Å². The van der Waals surface area contributed by atoms with Gasteiger partial charge in [0.2, 0.25) is 6.17 Å². The van der Waals surface area contributed by atoms with Crippen molar-refractivity contribution >= 4 is 69.2 Å². The molecule has 0 aliphatic rings. The van der Waals surface area contributed by atoms with Crippen LogP contribution in [-0.4, -0.2) is 95.2 Å². The molecule has 0 aromatic rings. The third-order valence-electron chi connectivity index (χ3n) is 0.869. The van der Waals surface area contributed by atoms with Crippen molar-refractivity contribution in [2.45, 2.75) is 11.4 Å². The predicted octanol–water partition coefficient (Wildman–Crippen LogP) is -1.50. The van der Waals surface area contributed by atoms with E-state index in [1.165, 1.54) is 0 Å². The van der Waals surface area contributed by atoms with Crippen molar-refractivity contribution in [2.75, 3.05) is 6.61 Å². The molecule has 0 amide bonds. The maximum atomic E-state index is 12.0. The van der Waals surface area contributed by atoms with Crippen LogP contribution in [0.15, 0.2) is 0 Å². The van der Waals surface area contributed by atoms with E-state index < -0.39 is 28.2 Å². The number of hydrogen-bond donors (Lipinski definition) is 2. The molecule has 0 radical (unpaired) electrons. The number of halogens is 3. The molecule has 1 unspecified atom stereocenters. The number of alkyl halides is 3. The fourth-order valence-corrected chi connectivity index (χ4v) is 0.666. The first-order valence-corrected chi connectivity index (χ1v) is 3.77.